The first-order valence-corrected chi connectivity index (χ1v) is 5.86. The van der Waals surface area contributed by atoms with E-state index in [1.165, 1.54) is 6.92 Å². The fourth-order valence-electron chi connectivity index (χ4n) is 0.938. The van der Waals surface area contributed by atoms with E-state index in [1.807, 2.05) is 6.07 Å². The molecule has 0 aliphatic heterocycles. The molecule has 0 aliphatic rings. The molecule has 0 spiro atoms. The van der Waals surface area contributed by atoms with Crippen molar-refractivity contribution < 1.29 is 19.0 Å². The maximum atomic E-state index is 11.4. The van der Waals surface area contributed by atoms with Gasteiger partial charge in [0.1, 0.15) is 5.92 Å². The standard InChI is InChI=1S/C10H11O4P/c1-8(10(11)12)7-15(13)14-9-5-3-2-4-6-9/h2-6,8H,7H2,1H3/p+1. The van der Waals surface area contributed by atoms with Crippen LogP contribution in [0.3, 0.4) is 0 Å². The van der Waals surface area contributed by atoms with Crippen LogP contribution >= 0.6 is 8.03 Å². The summed E-state index contributed by atoms with van der Waals surface area (Å²) in [5.41, 5.74) is 0. The average Bonchev–Trinajstić information content (AvgIpc) is 2.18. The minimum atomic E-state index is -1.96. The number of carboxylic acid groups (broad SMARTS) is 1. The van der Waals surface area contributed by atoms with Gasteiger partial charge in [-0.3, -0.25) is 9.32 Å². The van der Waals surface area contributed by atoms with Gasteiger partial charge < -0.3 is 5.11 Å². The van der Waals surface area contributed by atoms with Crippen molar-refractivity contribution in [2.75, 3.05) is 6.16 Å². The van der Waals surface area contributed by atoms with Gasteiger partial charge in [-0.15, -0.1) is 0 Å². The van der Waals surface area contributed by atoms with E-state index < -0.39 is 19.9 Å². The molecule has 0 aromatic heterocycles. The van der Waals surface area contributed by atoms with Crippen molar-refractivity contribution in [1.82, 2.24) is 0 Å². The molecule has 2 unspecified atom stereocenters. The first-order chi connectivity index (χ1) is 7.09. The van der Waals surface area contributed by atoms with Crippen LogP contribution in [-0.4, -0.2) is 17.2 Å². The zero-order valence-electron chi connectivity index (χ0n) is 8.29. The van der Waals surface area contributed by atoms with Gasteiger partial charge in [0.15, 0.2) is 11.9 Å². The zero-order chi connectivity index (χ0) is 11.3. The van der Waals surface area contributed by atoms with Crippen LogP contribution in [0.1, 0.15) is 6.92 Å². The number of carboxylic acids is 1. The van der Waals surface area contributed by atoms with Gasteiger partial charge in [-0.25, -0.2) is 0 Å². The summed E-state index contributed by atoms with van der Waals surface area (Å²) in [4.78, 5) is 10.5. The topological polar surface area (TPSA) is 63.6 Å². The smallest absolute Gasteiger partial charge is 0.481 e. The zero-order valence-corrected chi connectivity index (χ0v) is 9.18. The molecular weight excluding hydrogens is 215 g/mol. The highest BCUT2D eigenvalue weighted by Crippen LogP contribution is 2.28. The highest BCUT2D eigenvalue weighted by atomic mass is 31.1. The average molecular weight is 227 g/mol. The van der Waals surface area contributed by atoms with E-state index >= 15 is 0 Å². The molecule has 0 amide bonds. The lowest BCUT2D eigenvalue weighted by Gasteiger charge is -1.96. The van der Waals surface area contributed by atoms with Crippen LogP contribution in [0.15, 0.2) is 30.3 Å². The Kier molecular flexibility index (Phi) is 4.25. The van der Waals surface area contributed by atoms with Crippen molar-refractivity contribution in [3.63, 3.8) is 0 Å². The van der Waals surface area contributed by atoms with E-state index in [2.05, 4.69) is 0 Å². The van der Waals surface area contributed by atoms with Crippen molar-refractivity contribution >= 4 is 14.0 Å². The lowest BCUT2D eigenvalue weighted by molar-refractivity contribution is -0.140. The normalized spacial score (nSPS) is 13.0. The Labute approximate surface area is 88.8 Å². The molecule has 0 saturated carbocycles. The molecule has 5 heteroatoms. The van der Waals surface area contributed by atoms with Crippen LogP contribution in [0.25, 0.3) is 0 Å². The molecule has 4 nitrogen and oxygen atoms in total. The Bertz CT molecular complexity index is 350. The largest absolute Gasteiger partial charge is 0.556 e. The molecule has 80 valence electrons. The molecular formula is C10H12O4P+. The summed E-state index contributed by atoms with van der Waals surface area (Å²) in [5, 5.41) is 8.61. The van der Waals surface area contributed by atoms with E-state index in [9.17, 15) is 9.36 Å². The third-order valence-electron chi connectivity index (χ3n) is 1.79. The van der Waals surface area contributed by atoms with Gasteiger partial charge in [0.2, 0.25) is 0 Å². The maximum absolute atomic E-state index is 11.4. The molecule has 1 rings (SSSR count). The fourth-order valence-corrected chi connectivity index (χ4v) is 1.97. The Morgan fingerprint density at radius 1 is 1.47 bits per heavy atom. The first-order valence-electron chi connectivity index (χ1n) is 4.50. The predicted molar refractivity (Wildman–Crippen MR) is 56.3 cm³/mol. The maximum Gasteiger partial charge on any atom is 0.556 e. The van der Waals surface area contributed by atoms with E-state index in [1.54, 1.807) is 24.3 Å². The van der Waals surface area contributed by atoms with Gasteiger partial charge in [-0.05, 0) is 23.6 Å². The SMILES string of the molecule is CC(C[P+](=O)Oc1ccccc1)C(=O)O. The van der Waals surface area contributed by atoms with Gasteiger partial charge in [0, 0.05) is 0 Å². The quantitative estimate of drug-likeness (QED) is 0.785. The van der Waals surface area contributed by atoms with Crippen LogP contribution in [0.4, 0.5) is 0 Å². The monoisotopic (exact) mass is 227 g/mol. The number of rotatable bonds is 5. The second-order valence-electron chi connectivity index (χ2n) is 3.16. The molecule has 1 aromatic carbocycles. The molecule has 2 atom stereocenters. The third kappa shape index (κ3) is 4.09. The Morgan fingerprint density at radius 3 is 2.60 bits per heavy atom. The summed E-state index contributed by atoms with van der Waals surface area (Å²) in [5.74, 6) is -1.12. The van der Waals surface area contributed by atoms with Crippen LogP contribution in [0, 0.1) is 5.92 Å². The number of para-hydroxylation sites is 1. The van der Waals surface area contributed by atoms with E-state index in [-0.39, 0.29) is 6.16 Å². The highest BCUT2D eigenvalue weighted by molar-refractivity contribution is 7.39. The van der Waals surface area contributed by atoms with Crippen LogP contribution in [0.5, 0.6) is 5.75 Å². The van der Waals surface area contributed by atoms with E-state index in [0.29, 0.717) is 5.75 Å². The van der Waals surface area contributed by atoms with E-state index in [4.69, 9.17) is 9.63 Å². The Morgan fingerprint density at radius 2 is 2.07 bits per heavy atom. The summed E-state index contributed by atoms with van der Waals surface area (Å²) in [6.07, 6.45) is 0.0273. The molecule has 1 aromatic rings. The van der Waals surface area contributed by atoms with Gasteiger partial charge in [-0.1, -0.05) is 18.2 Å². The summed E-state index contributed by atoms with van der Waals surface area (Å²) in [6, 6.07) is 8.70. The Hall–Kier alpha value is -1.41. The third-order valence-corrected chi connectivity index (χ3v) is 3.06. The molecule has 1 N–H and O–H groups in total. The van der Waals surface area contributed by atoms with Crippen molar-refractivity contribution in [3.8, 4) is 5.75 Å². The first kappa shape index (κ1) is 11.7. The highest BCUT2D eigenvalue weighted by Gasteiger charge is 2.27. The van der Waals surface area contributed by atoms with Crippen molar-refractivity contribution in [3.05, 3.63) is 30.3 Å². The Balaban J connectivity index is 2.47. The number of carbonyl (C=O) groups is 1. The predicted octanol–water partition coefficient (Wildman–Crippen LogP) is 2.53. The molecule has 0 bridgehead atoms. The van der Waals surface area contributed by atoms with Crippen molar-refractivity contribution in [2.24, 2.45) is 5.92 Å². The summed E-state index contributed by atoms with van der Waals surface area (Å²) >= 11 is 0. The summed E-state index contributed by atoms with van der Waals surface area (Å²) in [7, 11) is -1.96. The van der Waals surface area contributed by atoms with Gasteiger partial charge in [0.25, 0.3) is 0 Å². The summed E-state index contributed by atoms with van der Waals surface area (Å²) < 4.78 is 16.5. The number of hydrogen-bond donors (Lipinski definition) is 1. The second kappa shape index (κ2) is 5.47. The molecule has 0 fully saturated rings. The number of aliphatic carboxylic acids is 1. The minimum Gasteiger partial charge on any atom is -0.481 e. The van der Waals surface area contributed by atoms with Gasteiger partial charge in [-0.2, -0.15) is 0 Å². The minimum absolute atomic E-state index is 0.0273. The van der Waals surface area contributed by atoms with Crippen molar-refractivity contribution in [1.29, 1.82) is 0 Å². The lowest BCUT2D eigenvalue weighted by atomic mass is 10.2. The van der Waals surface area contributed by atoms with Gasteiger partial charge in [0.05, 0.1) is 0 Å². The van der Waals surface area contributed by atoms with E-state index in [0.717, 1.165) is 0 Å². The van der Waals surface area contributed by atoms with Gasteiger partial charge >= 0.3 is 14.0 Å². The number of benzene rings is 1. The molecule has 0 aliphatic carbocycles. The number of hydrogen-bond acceptors (Lipinski definition) is 3. The molecule has 0 heterocycles. The second-order valence-corrected chi connectivity index (χ2v) is 4.37. The lowest BCUT2D eigenvalue weighted by Crippen LogP contribution is -2.12. The molecule has 0 saturated heterocycles. The fraction of sp³-hybridized carbons (Fsp3) is 0.300. The van der Waals surface area contributed by atoms with Crippen molar-refractivity contribution in [2.45, 2.75) is 6.92 Å². The summed E-state index contributed by atoms with van der Waals surface area (Å²) in [6.45, 7) is 1.50. The van der Waals surface area contributed by atoms with Crippen LogP contribution in [-0.2, 0) is 9.36 Å². The molecule has 15 heavy (non-hydrogen) atoms. The molecule has 0 radical (unpaired) electrons. The van der Waals surface area contributed by atoms with Crippen LogP contribution < -0.4 is 4.52 Å². The van der Waals surface area contributed by atoms with Crippen LogP contribution in [0.2, 0.25) is 0 Å².